The molecule has 3 nitrogen and oxygen atoms in total. The molecule has 0 spiro atoms. The van der Waals surface area contributed by atoms with E-state index in [0.29, 0.717) is 13.1 Å². The molecule has 0 aliphatic heterocycles. The van der Waals surface area contributed by atoms with E-state index in [1.165, 1.54) is 0 Å². The molecule has 1 N–H and O–H groups in total. The summed E-state index contributed by atoms with van der Waals surface area (Å²) in [5, 5.41) is 8.41. The third-order valence-electron chi connectivity index (χ3n) is 2.94. The Labute approximate surface area is 109 Å². The second-order valence-corrected chi connectivity index (χ2v) is 4.48. The average molecular weight is 271 g/mol. The molecule has 104 valence electrons. The molecule has 19 heavy (non-hydrogen) atoms. The van der Waals surface area contributed by atoms with Gasteiger partial charge in [-0.25, -0.2) is 0 Å². The predicted octanol–water partition coefficient (Wildman–Crippen LogP) is 3.01. The van der Waals surface area contributed by atoms with Gasteiger partial charge < -0.3 is 5.32 Å². The highest BCUT2D eigenvalue weighted by Gasteiger charge is 2.25. The van der Waals surface area contributed by atoms with E-state index in [1.807, 2.05) is 31.3 Å². The van der Waals surface area contributed by atoms with Gasteiger partial charge in [0, 0.05) is 25.4 Å². The van der Waals surface area contributed by atoms with Gasteiger partial charge in [0.15, 0.2) is 0 Å². The maximum atomic E-state index is 12.0. The zero-order valence-electron chi connectivity index (χ0n) is 10.7. The first kappa shape index (κ1) is 13.9. The Bertz CT molecular complexity index is 546. The number of alkyl halides is 3. The van der Waals surface area contributed by atoms with Crippen LogP contribution in [0.15, 0.2) is 24.3 Å². The van der Waals surface area contributed by atoms with E-state index in [-0.39, 0.29) is 6.42 Å². The average Bonchev–Trinajstić information content (AvgIpc) is 2.65. The summed E-state index contributed by atoms with van der Waals surface area (Å²) in [5.41, 5.74) is 1.89. The second kappa shape index (κ2) is 5.61. The number of aromatic nitrogens is 2. The lowest BCUT2D eigenvalue weighted by Gasteiger charge is -2.06. The molecular formula is C13H16F3N3. The van der Waals surface area contributed by atoms with E-state index >= 15 is 0 Å². The Morgan fingerprint density at radius 2 is 2.00 bits per heavy atom. The van der Waals surface area contributed by atoms with Gasteiger partial charge in [0.25, 0.3) is 0 Å². The Morgan fingerprint density at radius 1 is 1.26 bits per heavy atom. The molecule has 0 aliphatic carbocycles. The van der Waals surface area contributed by atoms with Gasteiger partial charge in [-0.05, 0) is 19.0 Å². The van der Waals surface area contributed by atoms with Gasteiger partial charge in [-0.3, -0.25) is 4.68 Å². The fourth-order valence-electron chi connectivity index (χ4n) is 2.04. The van der Waals surface area contributed by atoms with Crippen molar-refractivity contribution in [2.75, 3.05) is 6.54 Å². The van der Waals surface area contributed by atoms with Crippen LogP contribution in [0.4, 0.5) is 13.2 Å². The number of rotatable bonds is 5. The van der Waals surface area contributed by atoms with Gasteiger partial charge in [0.05, 0.1) is 11.2 Å². The highest BCUT2D eigenvalue weighted by atomic mass is 19.4. The maximum absolute atomic E-state index is 12.0. The largest absolute Gasteiger partial charge is 0.389 e. The predicted molar refractivity (Wildman–Crippen MR) is 67.7 cm³/mol. The fourth-order valence-corrected chi connectivity index (χ4v) is 2.04. The molecule has 0 atom stereocenters. The quantitative estimate of drug-likeness (QED) is 0.847. The van der Waals surface area contributed by atoms with Crippen molar-refractivity contribution in [3.05, 3.63) is 30.0 Å². The lowest BCUT2D eigenvalue weighted by atomic mass is 10.2. The van der Waals surface area contributed by atoms with E-state index in [2.05, 4.69) is 10.4 Å². The van der Waals surface area contributed by atoms with Gasteiger partial charge in [-0.15, -0.1) is 0 Å². The van der Waals surface area contributed by atoms with Crippen molar-refractivity contribution in [1.82, 2.24) is 15.1 Å². The zero-order valence-corrected chi connectivity index (χ0v) is 10.7. The number of hydrogen-bond acceptors (Lipinski definition) is 2. The molecule has 2 rings (SSSR count). The van der Waals surface area contributed by atoms with Gasteiger partial charge >= 0.3 is 6.18 Å². The lowest BCUT2D eigenvalue weighted by Crippen LogP contribution is -2.18. The number of para-hydroxylation sites is 1. The highest BCUT2D eigenvalue weighted by Crippen LogP contribution is 2.21. The van der Waals surface area contributed by atoms with Crippen LogP contribution in [0.2, 0.25) is 0 Å². The van der Waals surface area contributed by atoms with Gasteiger partial charge in [0.2, 0.25) is 0 Å². The molecule has 0 aliphatic rings. The number of benzene rings is 1. The summed E-state index contributed by atoms with van der Waals surface area (Å²) in [5.74, 6) is 0. The smallest absolute Gasteiger partial charge is 0.311 e. The molecule has 0 amide bonds. The maximum Gasteiger partial charge on any atom is 0.389 e. The number of hydrogen-bond donors (Lipinski definition) is 1. The molecule has 0 unspecified atom stereocenters. The van der Waals surface area contributed by atoms with E-state index < -0.39 is 12.6 Å². The van der Waals surface area contributed by atoms with Gasteiger partial charge in [0.1, 0.15) is 0 Å². The van der Waals surface area contributed by atoms with Crippen molar-refractivity contribution in [1.29, 1.82) is 0 Å². The molecule has 0 fully saturated rings. The topological polar surface area (TPSA) is 29.9 Å². The number of nitrogens with one attached hydrogen (secondary N) is 1. The summed E-state index contributed by atoms with van der Waals surface area (Å²) in [6, 6.07) is 7.80. The minimum absolute atomic E-state index is 0.0915. The Balaban J connectivity index is 1.89. The van der Waals surface area contributed by atoms with Crippen molar-refractivity contribution in [3.8, 4) is 0 Å². The van der Waals surface area contributed by atoms with E-state index in [1.54, 1.807) is 4.68 Å². The minimum Gasteiger partial charge on any atom is -0.311 e. The molecule has 1 aromatic carbocycles. The summed E-state index contributed by atoms with van der Waals surface area (Å²) in [6.07, 6.45) is -4.73. The first-order valence-electron chi connectivity index (χ1n) is 6.15. The van der Waals surface area contributed by atoms with Crippen molar-refractivity contribution in [2.45, 2.75) is 25.6 Å². The van der Waals surface area contributed by atoms with Gasteiger partial charge in [-0.1, -0.05) is 18.2 Å². The van der Waals surface area contributed by atoms with Crippen LogP contribution in [0.3, 0.4) is 0 Å². The Morgan fingerprint density at radius 3 is 2.74 bits per heavy atom. The molecule has 0 radical (unpaired) electrons. The summed E-state index contributed by atoms with van der Waals surface area (Å²) < 4.78 is 37.7. The second-order valence-electron chi connectivity index (χ2n) is 4.48. The summed E-state index contributed by atoms with van der Waals surface area (Å²) in [6.45, 7) is 0.823. The van der Waals surface area contributed by atoms with Crippen molar-refractivity contribution in [2.24, 2.45) is 7.05 Å². The molecule has 6 heteroatoms. The van der Waals surface area contributed by atoms with Crippen LogP contribution in [0, 0.1) is 0 Å². The SMILES string of the molecule is Cn1nc(CNCCCC(F)(F)F)c2ccccc21. The number of halogens is 3. The monoisotopic (exact) mass is 271 g/mol. The molecule has 2 aromatic rings. The van der Waals surface area contributed by atoms with E-state index in [0.717, 1.165) is 16.6 Å². The fraction of sp³-hybridized carbons (Fsp3) is 0.462. The first-order chi connectivity index (χ1) is 8.97. The Kier molecular flexibility index (Phi) is 4.09. The van der Waals surface area contributed by atoms with Gasteiger partial charge in [-0.2, -0.15) is 18.3 Å². The molecule has 0 saturated carbocycles. The molecule has 1 aromatic heterocycles. The van der Waals surface area contributed by atoms with E-state index in [9.17, 15) is 13.2 Å². The first-order valence-corrected chi connectivity index (χ1v) is 6.15. The summed E-state index contributed by atoms with van der Waals surface area (Å²) in [7, 11) is 1.86. The molecule has 0 bridgehead atoms. The molecule has 0 saturated heterocycles. The van der Waals surface area contributed by atoms with Crippen molar-refractivity contribution >= 4 is 10.9 Å². The van der Waals surface area contributed by atoms with Crippen molar-refractivity contribution in [3.63, 3.8) is 0 Å². The van der Waals surface area contributed by atoms with Crippen LogP contribution in [0.5, 0.6) is 0 Å². The third kappa shape index (κ3) is 3.70. The minimum atomic E-state index is -4.07. The third-order valence-corrected chi connectivity index (χ3v) is 2.94. The van der Waals surface area contributed by atoms with Crippen LogP contribution in [-0.4, -0.2) is 22.5 Å². The standard InChI is InChI=1S/C13H16F3N3/c1-19-12-6-3-2-5-10(12)11(18-19)9-17-8-4-7-13(14,15)16/h2-3,5-6,17H,4,7-9H2,1H3. The van der Waals surface area contributed by atoms with Crippen LogP contribution >= 0.6 is 0 Å². The summed E-state index contributed by atoms with van der Waals surface area (Å²) in [4.78, 5) is 0. The van der Waals surface area contributed by atoms with E-state index in [4.69, 9.17) is 0 Å². The Hall–Kier alpha value is -1.56. The van der Waals surface area contributed by atoms with Crippen molar-refractivity contribution < 1.29 is 13.2 Å². The molecule has 1 heterocycles. The van der Waals surface area contributed by atoms with Crippen LogP contribution in [0.1, 0.15) is 18.5 Å². The summed E-state index contributed by atoms with van der Waals surface area (Å²) >= 11 is 0. The highest BCUT2D eigenvalue weighted by molar-refractivity contribution is 5.81. The van der Waals surface area contributed by atoms with Crippen LogP contribution in [-0.2, 0) is 13.6 Å². The number of fused-ring (bicyclic) bond motifs is 1. The number of nitrogens with zero attached hydrogens (tertiary/aromatic N) is 2. The zero-order chi connectivity index (χ0) is 13.9. The number of aryl methyl sites for hydroxylation is 1. The van der Waals surface area contributed by atoms with Crippen LogP contribution in [0.25, 0.3) is 10.9 Å². The van der Waals surface area contributed by atoms with Crippen LogP contribution < -0.4 is 5.32 Å². The normalized spacial score (nSPS) is 12.2. The molecular weight excluding hydrogens is 255 g/mol. The lowest BCUT2D eigenvalue weighted by molar-refractivity contribution is -0.135.